The van der Waals surface area contributed by atoms with Crippen LogP contribution >= 0.6 is 14.3 Å². The monoisotopic (exact) mass is 696 g/mol. The van der Waals surface area contributed by atoms with Gasteiger partial charge in [0.1, 0.15) is 14.3 Å². The lowest BCUT2D eigenvalue weighted by Crippen LogP contribution is -2.27. The highest BCUT2D eigenvalue weighted by Crippen LogP contribution is 2.66. The van der Waals surface area contributed by atoms with Crippen molar-refractivity contribution < 1.29 is 9.13 Å². The maximum Gasteiger partial charge on any atom is 0.127 e. The van der Waals surface area contributed by atoms with E-state index in [1.807, 2.05) is 36.4 Å². The van der Waals surface area contributed by atoms with Crippen LogP contribution in [0, 0.1) is 0 Å². The Kier molecular flexibility index (Phi) is 12.9. The molecule has 0 saturated heterocycles. The average Bonchev–Trinajstić information content (AvgIpc) is 3.03. The molecule has 0 heterocycles. The molecule has 4 aromatic rings. The summed E-state index contributed by atoms with van der Waals surface area (Å²) in [6.07, 6.45) is 0.788. The van der Waals surface area contributed by atoms with Gasteiger partial charge in [0.05, 0.1) is 5.90 Å². The lowest BCUT2D eigenvalue weighted by molar-refractivity contribution is 0.574. The molecule has 2 unspecified atom stereocenters. The minimum Gasteiger partial charge on any atom is -0.318 e. The molecular weight excluding hydrogens is 634 g/mol. The van der Waals surface area contributed by atoms with Crippen LogP contribution in [0.4, 0.5) is 0 Å². The van der Waals surface area contributed by atoms with E-state index < -0.39 is 14.3 Å². The molecular formula is C45H62O2P2. The summed E-state index contributed by atoms with van der Waals surface area (Å²) in [5.74, 6) is 1.56. The van der Waals surface area contributed by atoms with Crippen molar-refractivity contribution in [3.05, 3.63) is 129 Å². The summed E-state index contributed by atoms with van der Waals surface area (Å²) in [7, 11) is -6.69. The molecule has 2 atom stereocenters. The van der Waals surface area contributed by atoms with Crippen LogP contribution in [0.25, 0.3) is 0 Å². The fraction of sp³-hybridized carbons (Fsp3) is 0.467. The Hall–Kier alpha value is -2.66. The molecule has 264 valence electrons. The zero-order valence-electron chi connectivity index (χ0n) is 32.4. The molecule has 0 aliphatic rings. The van der Waals surface area contributed by atoms with Gasteiger partial charge in [-0.1, -0.05) is 168 Å². The smallest absolute Gasteiger partial charge is 0.127 e. The van der Waals surface area contributed by atoms with E-state index in [1.54, 1.807) is 0 Å². The van der Waals surface area contributed by atoms with Crippen LogP contribution in [0.3, 0.4) is 0 Å². The van der Waals surface area contributed by atoms with Crippen LogP contribution in [0.15, 0.2) is 84.9 Å². The summed E-state index contributed by atoms with van der Waals surface area (Å²) in [6, 6.07) is 29.8. The molecule has 0 bridgehead atoms. The maximum atomic E-state index is 16.7. The van der Waals surface area contributed by atoms with E-state index in [1.165, 1.54) is 11.1 Å². The van der Waals surface area contributed by atoms with Gasteiger partial charge in [0.25, 0.3) is 0 Å². The molecule has 0 fully saturated rings. The zero-order valence-corrected chi connectivity index (χ0v) is 34.2. The SMILES string of the molecule is CC(C)c1cc(C(C)C)c(P(=O)(Cc2ccccc2)CP(=O)(Cc2ccccc2)c2c(C(C)C)cc(C(C)C)cc2C(C)C)c(C(C)C)c1. The van der Waals surface area contributed by atoms with Crippen molar-refractivity contribution in [1.82, 2.24) is 0 Å². The summed E-state index contributed by atoms with van der Waals surface area (Å²) < 4.78 is 33.3. The molecule has 0 N–H and O–H groups in total. The van der Waals surface area contributed by atoms with Crippen LogP contribution in [0.5, 0.6) is 0 Å². The first kappa shape index (κ1) is 39.1. The molecule has 49 heavy (non-hydrogen) atoms. The van der Waals surface area contributed by atoms with Crippen LogP contribution in [0.1, 0.15) is 163 Å². The molecule has 0 spiro atoms. The molecule has 4 rings (SSSR count). The predicted molar refractivity (Wildman–Crippen MR) is 217 cm³/mol. The average molecular weight is 697 g/mol. The van der Waals surface area contributed by atoms with Gasteiger partial charge in [-0.2, -0.15) is 0 Å². The third-order valence-electron chi connectivity index (χ3n) is 10.0. The van der Waals surface area contributed by atoms with Crippen molar-refractivity contribution in [2.75, 3.05) is 5.90 Å². The highest BCUT2D eigenvalue weighted by Gasteiger charge is 2.43. The second kappa shape index (κ2) is 16.1. The van der Waals surface area contributed by atoms with Gasteiger partial charge >= 0.3 is 0 Å². The largest absolute Gasteiger partial charge is 0.318 e. The topological polar surface area (TPSA) is 34.1 Å². The van der Waals surface area contributed by atoms with Crippen LogP contribution < -0.4 is 10.6 Å². The second-order valence-electron chi connectivity index (χ2n) is 16.2. The highest BCUT2D eigenvalue weighted by molar-refractivity contribution is 7.87. The Balaban J connectivity index is 2.16. The summed E-state index contributed by atoms with van der Waals surface area (Å²) >= 11 is 0. The van der Waals surface area contributed by atoms with Gasteiger partial charge in [-0.15, -0.1) is 0 Å². The summed E-state index contributed by atoms with van der Waals surface area (Å²) in [6.45, 7) is 26.7. The van der Waals surface area contributed by atoms with Crippen LogP contribution in [0.2, 0.25) is 0 Å². The van der Waals surface area contributed by atoms with E-state index in [0.717, 1.165) is 44.0 Å². The fourth-order valence-corrected chi connectivity index (χ4v) is 17.3. The van der Waals surface area contributed by atoms with E-state index in [2.05, 4.69) is 132 Å². The number of rotatable bonds is 14. The Morgan fingerprint density at radius 2 is 0.673 bits per heavy atom. The third-order valence-corrected chi connectivity index (χ3v) is 18.1. The van der Waals surface area contributed by atoms with E-state index in [9.17, 15) is 0 Å². The first-order chi connectivity index (χ1) is 23.0. The van der Waals surface area contributed by atoms with Crippen LogP contribution in [-0.2, 0) is 21.5 Å². The molecule has 0 amide bonds. The van der Waals surface area contributed by atoms with Gasteiger partial charge in [-0.05, 0) is 80.0 Å². The highest BCUT2D eigenvalue weighted by atomic mass is 31.2. The molecule has 4 aromatic carbocycles. The van der Waals surface area contributed by atoms with Crippen molar-refractivity contribution in [2.24, 2.45) is 0 Å². The normalized spacial score (nSPS) is 14.7. The molecule has 2 nitrogen and oxygen atoms in total. The summed E-state index contributed by atoms with van der Waals surface area (Å²) in [5, 5.41) is 1.96. The van der Waals surface area contributed by atoms with Gasteiger partial charge in [0.15, 0.2) is 0 Å². The van der Waals surface area contributed by atoms with Crippen molar-refractivity contribution in [1.29, 1.82) is 0 Å². The van der Waals surface area contributed by atoms with Crippen LogP contribution in [-0.4, -0.2) is 5.90 Å². The Morgan fingerprint density at radius 3 is 0.898 bits per heavy atom. The Bertz CT molecular complexity index is 1610. The van der Waals surface area contributed by atoms with E-state index in [-0.39, 0.29) is 29.6 Å². The first-order valence-corrected chi connectivity index (χ1v) is 22.7. The van der Waals surface area contributed by atoms with Gasteiger partial charge in [0.2, 0.25) is 0 Å². The quantitative estimate of drug-likeness (QED) is 0.123. The minimum atomic E-state index is -3.34. The second-order valence-corrected chi connectivity index (χ2v) is 22.4. The van der Waals surface area contributed by atoms with Crippen molar-refractivity contribution >= 4 is 24.9 Å². The summed E-state index contributed by atoms with van der Waals surface area (Å²) in [4.78, 5) is 0. The molecule has 0 aliphatic heterocycles. The number of hydrogen-bond donors (Lipinski definition) is 0. The van der Waals surface area contributed by atoms with Gasteiger partial charge in [0, 0.05) is 22.9 Å². The van der Waals surface area contributed by atoms with Crippen molar-refractivity contribution in [2.45, 2.75) is 131 Å². The lowest BCUT2D eigenvalue weighted by Gasteiger charge is -2.34. The van der Waals surface area contributed by atoms with Crippen molar-refractivity contribution in [3.8, 4) is 0 Å². The van der Waals surface area contributed by atoms with E-state index in [4.69, 9.17) is 0 Å². The first-order valence-electron chi connectivity index (χ1n) is 18.6. The fourth-order valence-electron chi connectivity index (χ4n) is 7.30. The third kappa shape index (κ3) is 8.99. The Labute approximate surface area is 299 Å². The minimum absolute atomic E-state index is 0.171. The molecule has 0 aromatic heterocycles. The standard InChI is InChI=1S/C45H62O2P2/c1-30(2)38-23-40(32(5)6)44(41(24-38)33(7)8)48(46,27-36-19-15-13-16-20-36)29-49(47,28-37-21-17-14-18-22-37)45-42(34(9)10)25-39(31(3)4)26-43(45)35(11)12/h13-26,30-35H,27-29H2,1-12H3. The van der Waals surface area contributed by atoms with Gasteiger partial charge in [-0.25, -0.2) is 0 Å². The number of hydrogen-bond acceptors (Lipinski definition) is 2. The molecule has 0 saturated carbocycles. The maximum absolute atomic E-state index is 16.7. The Morgan fingerprint density at radius 1 is 0.408 bits per heavy atom. The lowest BCUT2D eigenvalue weighted by atomic mass is 9.89. The predicted octanol–water partition coefficient (Wildman–Crippen LogP) is 13.5. The molecule has 4 heteroatoms. The summed E-state index contributed by atoms with van der Waals surface area (Å²) in [5.41, 5.74) is 9.27. The van der Waals surface area contributed by atoms with E-state index in [0.29, 0.717) is 24.2 Å². The molecule has 0 aliphatic carbocycles. The van der Waals surface area contributed by atoms with Crippen molar-refractivity contribution in [3.63, 3.8) is 0 Å². The van der Waals surface area contributed by atoms with Gasteiger partial charge in [-0.3, -0.25) is 0 Å². The van der Waals surface area contributed by atoms with E-state index >= 15 is 9.13 Å². The zero-order chi connectivity index (χ0) is 36.3. The van der Waals surface area contributed by atoms with Gasteiger partial charge < -0.3 is 9.13 Å². The molecule has 0 radical (unpaired) electrons. The number of benzene rings is 4.